The van der Waals surface area contributed by atoms with Crippen molar-refractivity contribution in [2.24, 2.45) is 5.92 Å². The highest BCUT2D eigenvalue weighted by Gasteiger charge is 2.37. The first-order valence-corrected chi connectivity index (χ1v) is 9.35. The predicted molar refractivity (Wildman–Crippen MR) is 78.6 cm³/mol. The van der Waals surface area contributed by atoms with Gasteiger partial charge in [-0.3, -0.25) is 0 Å². The van der Waals surface area contributed by atoms with Crippen molar-refractivity contribution in [3.63, 3.8) is 0 Å². The summed E-state index contributed by atoms with van der Waals surface area (Å²) in [6, 6.07) is -0.0116. The molecule has 6 heteroatoms. The molecule has 0 spiro atoms. The van der Waals surface area contributed by atoms with Crippen LogP contribution in [0, 0.1) is 5.92 Å². The molecule has 2 atom stereocenters. The van der Waals surface area contributed by atoms with E-state index in [1.165, 1.54) is 0 Å². The van der Waals surface area contributed by atoms with E-state index in [2.05, 4.69) is 6.92 Å². The van der Waals surface area contributed by atoms with E-state index in [9.17, 15) is 8.42 Å². The van der Waals surface area contributed by atoms with E-state index in [0.29, 0.717) is 31.4 Å². The molecule has 2 unspecified atom stereocenters. The van der Waals surface area contributed by atoms with Crippen LogP contribution in [0.1, 0.15) is 45.4 Å². The minimum absolute atomic E-state index is 0.0116. The lowest BCUT2D eigenvalue weighted by Crippen LogP contribution is -2.53. The molecule has 0 saturated carbocycles. The van der Waals surface area contributed by atoms with Crippen LogP contribution < -0.4 is 0 Å². The van der Waals surface area contributed by atoms with Crippen LogP contribution in [0.25, 0.3) is 0 Å². The minimum atomic E-state index is -3.31. The molecule has 2 aliphatic heterocycles. The zero-order valence-electron chi connectivity index (χ0n) is 11.7. The Balaban J connectivity index is 2.11. The summed E-state index contributed by atoms with van der Waals surface area (Å²) in [4.78, 5) is 0. The van der Waals surface area contributed by atoms with E-state index in [1.807, 2.05) is 0 Å². The third kappa shape index (κ3) is 3.43. The van der Waals surface area contributed by atoms with E-state index in [4.69, 9.17) is 11.6 Å². The number of rotatable bonds is 4. The molecule has 0 aliphatic carbocycles. The average molecular weight is 309 g/mol. The van der Waals surface area contributed by atoms with E-state index < -0.39 is 10.2 Å². The highest BCUT2D eigenvalue weighted by Crippen LogP contribution is 2.27. The summed E-state index contributed by atoms with van der Waals surface area (Å²) >= 11 is 5.95. The second-order valence-electron chi connectivity index (χ2n) is 5.70. The van der Waals surface area contributed by atoms with Crippen molar-refractivity contribution in [2.75, 3.05) is 25.5 Å². The molecular formula is C13H25ClN2O2S. The van der Waals surface area contributed by atoms with Crippen molar-refractivity contribution in [1.82, 2.24) is 8.61 Å². The summed E-state index contributed by atoms with van der Waals surface area (Å²) in [7, 11) is -3.31. The standard InChI is InChI=1S/C13H25ClN2O2S/c1-2-12-6-5-8-15(11-12)19(17,18)16-9-4-3-7-13(16)10-14/h12-13H,2-11H2,1H3. The molecule has 0 aromatic rings. The van der Waals surface area contributed by atoms with Gasteiger partial charge in [0.2, 0.25) is 0 Å². The van der Waals surface area contributed by atoms with Gasteiger partial charge in [-0.25, -0.2) is 0 Å². The molecule has 2 heterocycles. The van der Waals surface area contributed by atoms with Crippen LogP contribution in [-0.2, 0) is 10.2 Å². The predicted octanol–water partition coefficient (Wildman–Crippen LogP) is 2.45. The topological polar surface area (TPSA) is 40.6 Å². The Morgan fingerprint density at radius 3 is 2.63 bits per heavy atom. The number of hydrogen-bond donors (Lipinski definition) is 0. The quantitative estimate of drug-likeness (QED) is 0.749. The summed E-state index contributed by atoms with van der Waals surface area (Å²) in [5, 5.41) is 0. The Labute approximate surface area is 122 Å². The number of halogens is 1. The van der Waals surface area contributed by atoms with Crippen LogP contribution in [0.3, 0.4) is 0 Å². The lowest BCUT2D eigenvalue weighted by molar-refractivity contribution is 0.213. The zero-order valence-corrected chi connectivity index (χ0v) is 13.3. The van der Waals surface area contributed by atoms with E-state index >= 15 is 0 Å². The highest BCUT2D eigenvalue weighted by molar-refractivity contribution is 7.86. The fraction of sp³-hybridized carbons (Fsp3) is 1.00. The maximum atomic E-state index is 12.8. The molecule has 0 aromatic heterocycles. The van der Waals surface area contributed by atoms with Crippen molar-refractivity contribution >= 4 is 21.8 Å². The van der Waals surface area contributed by atoms with Crippen LogP contribution in [-0.4, -0.2) is 48.6 Å². The summed E-state index contributed by atoms with van der Waals surface area (Å²) < 4.78 is 28.9. The van der Waals surface area contributed by atoms with Crippen LogP contribution >= 0.6 is 11.6 Å². The molecule has 112 valence electrons. The first-order chi connectivity index (χ1) is 9.09. The summed E-state index contributed by atoms with van der Waals surface area (Å²) in [5.41, 5.74) is 0. The van der Waals surface area contributed by atoms with E-state index in [0.717, 1.165) is 38.5 Å². The van der Waals surface area contributed by atoms with Crippen molar-refractivity contribution in [1.29, 1.82) is 0 Å². The molecule has 2 fully saturated rings. The molecule has 0 aromatic carbocycles. The third-order valence-electron chi connectivity index (χ3n) is 4.43. The van der Waals surface area contributed by atoms with Gasteiger partial charge in [0, 0.05) is 31.6 Å². The van der Waals surface area contributed by atoms with Crippen molar-refractivity contribution in [3.05, 3.63) is 0 Å². The fourth-order valence-corrected chi connectivity index (χ4v) is 5.52. The second-order valence-corrected chi connectivity index (χ2v) is 7.89. The van der Waals surface area contributed by atoms with Gasteiger partial charge in [0.05, 0.1) is 0 Å². The van der Waals surface area contributed by atoms with Crippen molar-refractivity contribution in [3.8, 4) is 0 Å². The fourth-order valence-electron chi connectivity index (χ4n) is 3.15. The van der Waals surface area contributed by atoms with Gasteiger partial charge < -0.3 is 0 Å². The number of hydrogen-bond acceptors (Lipinski definition) is 2. The van der Waals surface area contributed by atoms with Crippen LogP contribution in [0.2, 0.25) is 0 Å². The zero-order chi connectivity index (χ0) is 13.9. The Hall–Kier alpha value is 0.160. The average Bonchev–Trinajstić information content (AvgIpc) is 2.47. The van der Waals surface area contributed by atoms with Gasteiger partial charge in [-0.15, -0.1) is 11.6 Å². The molecule has 0 radical (unpaired) electrons. The maximum Gasteiger partial charge on any atom is 0.282 e. The Kier molecular flexibility index (Phi) is 5.52. The molecule has 4 nitrogen and oxygen atoms in total. The van der Waals surface area contributed by atoms with E-state index in [-0.39, 0.29) is 6.04 Å². The second kappa shape index (κ2) is 6.74. The van der Waals surface area contributed by atoms with Gasteiger partial charge in [0.1, 0.15) is 0 Å². The summed E-state index contributed by atoms with van der Waals surface area (Å²) in [6.07, 6.45) is 6.13. The molecule has 19 heavy (non-hydrogen) atoms. The van der Waals surface area contributed by atoms with Crippen LogP contribution in [0.4, 0.5) is 0 Å². The van der Waals surface area contributed by atoms with Crippen molar-refractivity contribution < 1.29 is 8.42 Å². The van der Waals surface area contributed by atoms with Crippen LogP contribution in [0.15, 0.2) is 0 Å². The molecule has 0 N–H and O–H groups in total. The molecule has 2 rings (SSSR count). The number of piperidine rings is 2. The molecule has 0 bridgehead atoms. The first kappa shape index (κ1) is 15.5. The number of nitrogens with zero attached hydrogens (tertiary/aromatic N) is 2. The largest absolute Gasteiger partial charge is 0.282 e. The highest BCUT2D eigenvalue weighted by atomic mass is 35.5. The van der Waals surface area contributed by atoms with Gasteiger partial charge in [0.15, 0.2) is 0 Å². The maximum absolute atomic E-state index is 12.8. The van der Waals surface area contributed by atoms with Crippen molar-refractivity contribution in [2.45, 2.75) is 51.5 Å². The Bertz CT molecular complexity index is 388. The van der Waals surface area contributed by atoms with E-state index in [1.54, 1.807) is 8.61 Å². The summed E-state index contributed by atoms with van der Waals surface area (Å²) in [6.45, 7) is 4.13. The molecular weight excluding hydrogens is 284 g/mol. The summed E-state index contributed by atoms with van der Waals surface area (Å²) in [5.74, 6) is 0.923. The van der Waals surface area contributed by atoms with Gasteiger partial charge in [-0.2, -0.15) is 17.0 Å². The van der Waals surface area contributed by atoms with Gasteiger partial charge >= 0.3 is 0 Å². The molecule has 0 amide bonds. The van der Waals surface area contributed by atoms with Gasteiger partial charge in [-0.1, -0.05) is 19.8 Å². The molecule has 2 aliphatic rings. The minimum Gasteiger partial charge on any atom is -0.195 e. The normalized spacial score (nSPS) is 31.5. The first-order valence-electron chi connectivity index (χ1n) is 7.42. The molecule has 2 saturated heterocycles. The SMILES string of the molecule is CCC1CCCN(S(=O)(=O)N2CCCCC2CCl)C1. The lowest BCUT2D eigenvalue weighted by Gasteiger charge is -2.39. The van der Waals surface area contributed by atoms with Gasteiger partial charge in [-0.05, 0) is 31.6 Å². The smallest absolute Gasteiger partial charge is 0.195 e. The van der Waals surface area contributed by atoms with Gasteiger partial charge in [0.25, 0.3) is 10.2 Å². The Morgan fingerprint density at radius 1 is 1.16 bits per heavy atom. The third-order valence-corrected chi connectivity index (χ3v) is 6.85. The lowest BCUT2D eigenvalue weighted by atomic mass is 9.97. The Morgan fingerprint density at radius 2 is 1.95 bits per heavy atom. The number of alkyl halides is 1. The monoisotopic (exact) mass is 308 g/mol. The van der Waals surface area contributed by atoms with Crippen LogP contribution in [0.5, 0.6) is 0 Å².